The average molecular weight is 226 g/mol. The summed E-state index contributed by atoms with van der Waals surface area (Å²) in [5.41, 5.74) is 0. The van der Waals surface area contributed by atoms with Crippen molar-refractivity contribution in [2.75, 3.05) is 0 Å². The van der Waals surface area contributed by atoms with Crippen LogP contribution in [0.1, 0.15) is 0 Å². The quantitative estimate of drug-likeness (QED) is 0.367. The Balaban J connectivity index is -0.000000187. The predicted octanol–water partition coefficient (Wildman–Crippen LogP) is -4.37. The van der Waals surface area contributed by atoms with Gasteiger partial charge in [0.25, 0.3) is 6.17 Å². The van der Waals surface area contributed by atoms with Gasteiger partial charge in [0, 0.05) is 0 Å². The fraction of sp³-hybridized carbons (Fsp3) is 0.333. The van der Waals surface area contributed by atoms with Crippen LogP contribution < -0.4 is 23.9 Å². The zero-order valence-electron chi connectivity index (χ0n) is 7.22. The number of rotatable bonds is 4. The molecule has 0 spiro atoms. The summed E-state index contributed by atoms with van der Waals surface area (Å²) in [5.74, 6) is -3.95. The summed E-state index contributed by atoms with van der Waals surface area (Å²) in [7, 11) is -2.65. The van der Waals surface area contributed by atoms with Crippen LogP contribution in [0.15, 0.2) is 0 Å². The van der Waals surface area contributed by atoms with E-state index in [9.17, 15) is 23.0 Å². The zero-order valence-corrected chi connectivity index (χ0v) is 7.22. The van der Waals surface area contributed by atoms with Gasteiger partial charge in [-0.05, 0) is 0 Å². The Kier molecular flexibility index (Phi) is 15.0. The van der Waals surface area contributed by atoms with Crippen LogP contribution in [0.4, 0.5) is 13.4 Å². The Morgan fingerprint density at radius 2 is 1.47 bits per heavy atom. The molecule has 0 aliphatic carbocycles. The molecule has 0 radical (unpaired) electrons. The van der Waals surface area contributed by atoms with E-state index in [4.69, 9.17) is 15.2 Å². The summed E-state index contributed by atoms with van der Waals surface area (Å²) in [6.45, 7) is 0. The van der Waals surface area contributed by atoms with Crippen molar-refractivity contribution < 1.29 is 66.8 Å². The number of hydrogen-bond acceptors (Lipinski definition) is 5. The molecule has 0 atom stereocenters. The SMILES string of the molecule is O=C(O)C(F)C(=O)O.[Li+].[O-]B(OF)OF. The van der Waals surface area contributed by atoms with Gasteiger partial charge in [0.05, 0.1) is 0 Å². The molecular weight excluding hydrogens is 223 g/mol. The molecule has 0 aromatic rings. The average Bonchev–Trinajstić information content (AvgIpc) is 2.15. The van der Waals surface area contributed by atoms with E-state index in [1.54, 1.807) is 0 Å². The van der Waals surface area contributed by atoms with Crippen molar-refractivity contribution in [1.82, 2.24) is 0 Å². The summed E-state index contributed by atoms with van der Waals surface area (Å²) in [6, 6.07) is 0. The molecule has 0 fully saturated rings. The smallest absolute Gasteiger partial charge is 0.827 e. The summed E-state index contributed by atoms with van der Waals surface area (Å²) >= 11 is 0. The molecule has 0 heterocycles. The Morgan fingerprint density at radius 1 is 1.20 bits per heavy atom. The molecular formula is C3H3BF3LiO7. The second-order valence-corrected chi connectivity index (χ2v) is 1.51. The Hall–Kier alpha value is -0.728. The van der Waals surface area contributed by atoms with Gasteiger partial charge < -0.3 is 15.2 Å². The minimum Gasteiger partial charge on any atom is -0.827 e. The van der Waals surface area contributed by atoms with Gasteiger partial charge in [-0.3, -0.25) is 0 Å². The van der Waals surface area contributed by atoms with Gasteiger partial charge in [-0.2, -0.15) is 0 Å². The largest absolute Gasteiger partial charge is 1.00 e. The number of hydrogen-bond donors (Lipinski definition) is 2. The third kappa shape index (κ3) is 13.3. The van der Waals surface area contributed by atoms with E-state index in [2.05, 4.69) is 9.72 Å². The maximum Gasteiger partial charge on any atom is 1.00 e. The molecule has 0 rings (SSSR count). The summed E-state index contributed by atoms with van der Waals surface area (Å²) in [5, 5.41) is 24.3. The van der Waals surface area contributed by atoms with Crippen LogP contribution in [-0.4, -0.2) is 35.6 Å². The number of carboxylic acid groups (broad SMARTS) is 2. The molecule has 0 amide bonds. The Bertz CT molecular complexity index is 176. The van der Waals surface area contributed by atoms with Crippen LogP contribution in [0.2, 0.25) is 0 Å². The van der Waals surface area contributed by atoms with E-state index in [1.165, 1.54) is 0 Å². The number of aliphatic carboxylic acids is 2. The first kappa shape index (κ1) is 19.8. The summed E-state index contributed by atoms with van der Waals surface area (Å²) in [4.78, 5) is 23.3. The molecule has 7 nitrogen and oxygen atoms in total. The first-order valence-corrected chi connectivity index (χ1v) is 2.67. The van der Waals surface area contributed by atoms with Gasteiger partial charge in [0.1, 0.15) is 0 Å². The number of carboxylic acids is 2. The van der Waals surface area contributed by atoms with Gasteiger partial charge >= 0.3 is 38.1 Å². The molecule has 82 valence electrons. The minimum absolute atomic E-state index is 0. The Morgan fingerprint density at radius 3 is 1.47 bits per heavy atom. The van der Waals surface area contributed by atoms with E-state index in [0.717, 1.165) is 0 Å². The molecule has 2 N–H and O–H groups in total. The standard InChI is InChI=1S/C3H3FO4.BF2O3.Li/c4-1(2(5)6)3(7)8;2-5-1(4)6-3;/h1H,(H,5,6)(H,7,8);;/q;-1;+1. The first-order chi connectivity index (χ1) is 6.36. The monoisotopic (exact) mass is 226 g/mol. The van der Waals surface area contributed by atoms with Gasteiger partial charge in [-0.15, -0.1) is 0 Å². The van der Waals surface area contributed by atoms with E-state index in [0.29, 0.717) is 0 Å². The second-order valence-electron chi connectivity index (χ2n) is 1.51. The van der Waals surface area contributed by atoms with Crippen LogP contribution in [0.25, 0.3) is 0 Å². The molecule has 0 bridgehead atoms. The number of alkyl halides is 1. The molecule has 0 aliphatic heterocycles. The van der Waals surface area contributed by atoms with Gasteiger partial charge in [0.2, 0.25) is 0 Å². The Labute approximate surface area is 92.9 Å². The van der Waals surface area contributed by atoms with Crippen molar-refractivity contribution in [1.29, 1.82) is 0 Å². The van der Waals surface area contributed by atoms with E-state index < -0.39 is 25.4 Å². The third-order valence-corrected chi connectivity index (χ3v) is 0.579. The maximum atomic E-state index is 11.4. The molecule has 0 aromatic heterocycles. The molecule has 15 heavy (non-hydrogen) atoms. The number of halogens is 3. The molecule has 12 heteroatoms. The van der Waals surface area contributed by atoms with Gasteiger partial charge in [-0.1, -0.05) is 9.05 Å². The number of carbonyl (C=O) groups is 2. The first-order valence-electron chi connectivity index (χ1n) is 2.67. The van der Waals surface area contributed by atoms with Crippen molar-refractivity contribution in [2.24, 2.45) is 0 Å². The van der Waals surface area contributed by atoms with Crippen molar-refractivity contribution in [3.8, 4) is 0 Å². The molecule has 0 aliphatic rings. The van der Waals surface area contributed by atoms with Crippen molar-refractivity contribution in [3.05, 3.63) is 0 Å². The van der Waals surface area contributed by atoms with Gasteiger partial charge in [-0.25, -0.2) is 23.7 Å². The fourth-order valence-corrected chi connectivity index (χ4v) is 0.119. The predicted molar refractivity (Wildman–Crippen MR) is 30.3 cm³/mol. The third-order valence-electron chi connectivity index (χ3n) is 0.579. The van der Waals surface area contributed by atoms with Crippen LogP contribution in [0.3, 0.4) is 0 Å². The van der Waals surface area contributed by atoms with Crippen molar-refractivity contribution in [2.45, 2.75) is 6.17 Å². The van der Waals surface area contributed by atoms with Crippen molar-refractivity contribution >= 4 is 19.3 Å². The zero-order chi connectivity index (χ0) is 11.7. The molecule has 0 saturated carbocycles. The maximum absolute atomic E-state index is 11.4. The van der Waals surface area contributed by atoms with Gasteiger partial charge in [0.15, 0.2) is 0 Å². The molecule has 0 unspecified atom stereocenters. The second kappa shape index (κ2) is 11.3. The van der Waals surface area contributed by atoms with Crippen molar-refractivity contribution in [3.63, 3.8) is 0 Å². The summed E-state index contributed by atoms with van der Waals surface area (Å²) in [6.07, 6.45) is -2.80. The van der Waals surface area contributed by atoms with E-state index in [-0.39, 0.29) is 18.9 Å². The van der Waals surface area contributed by atoms with E-state index >= 15 is 0 Å². The van der Waals surface area contributed by atoms with Crippen LogP contribution in [-0.2, 0) is 19.3 Å². The van der Waals surface area contributed by atoms with Crippen LogP contribution in [0, 0.1) is 0 Å². The molecule has 0 aromatic carbocycles. The summed E-state index contributed by atoms with van der Waals surface area (Å²) < 4.78 is 31.9. The fourth-order valence-electron chi connectivity index (χ4n) is 0.119. The molecule has 0 saturated heterocycles. The minimum atomic E-state index is -2.80. The van der Waals surface area contributed by atoms with Crippen LogP contribution in [0.5, 0.6) is 0 Å². The van der Waals surface area contributed by atoms with E-state index in [1.807, 2.05) is 0 Å². The van der Waals surface area contributed by atoms with Crippen LogP contribution >= 0.6 is 0 Å². The normalized spacial score (nSPS) is 8.33. The topological polar surface area (TPSA) is 116 Å².